The summed E-state index contributed by atoms with van der Waals surface area (Å²) in [5.74, 6) is -0.679. The number of benzene rings is 1. The molecule has 5 nitrogen and oxygen atoms in total. The summed E-state index contributed by atoms with van der Waals surface area (Å²) in [4.78, 5) is 12.0. The molecule has 1 aliphatic rings. The van der Waals surface area contributed by atoms with E-state index in [0.29, 0.717) is 5.75 Å². The molecule has 1 heterocycles. The predicted molar refractivity (Wildman–Crippen MR) is 72.1 cm³/mol. The molecule has 1 atom stereocenters. The summed E-state index contributed by atoms with van der Waals surface area (Å²) in [5.41, 5.74) is 0.255. The second kappa shape index (κ2) is 4.85. The first kappa shape index (κ1) is 13.9. The Bertz CT molecular complexity index is 607. The van der Waals surface area contributed by atoms with Crippen LogP contribution in [0.25, 0.3) is 0 Å². The zero-order valence-electron chi connectivity index (χ0n) is 11.1. The fourth-order valence-corrected chi connectivity index (χ4v) is 3.72. The molecule has 1 aromatic rings. The summed E-state index contributed by atoms with van der Waals surface area (Å²) >= 11 is 0. The van der Waals surface area contributed by atoms with Crippen LogP contribution in [0.1, 0.15) is 20.8 Å². The topological polar surface area (TPSA) is 72.5 Å². The number of hydrogen-bond donors (Lipinski definition) is 1. The van der Waals surface area contributed by atoms with E-state index in [1.807, 2.05) is 13.8 Å². The molecule has 0 saturated heterocycles. The molecule has 0 fully saturated rings. The van der Waals surface area contributed by atoms with E-state index in [0.717, 1.165) is 0 Å². The van der Waals surface area contributed by atoms with Crippen LogP contribution in [-0.2, 0) is 14.6 Å². The van der Waals surface area contributed by atoms with E-state index in [4.69, 9.17) is 4.74 Å². The van der Waals surface area contributed by atoms with Gasteiger partial charge in [0.1, 0.15) is 11.4 Å². The lowest BCUT2D eigenvalue weighted by molar-refractivity contribution is -0.118. The van der Waals surface area contributed by atoms with Crippen molar-refractivity contribution in [1.29, 1.82) is 0 Å². The lowest BCUT2D eigenvalue weighted by Crippen LogP contribution is -2.23. The van der Waals surface area contributed by atoms with Gasteiger partial charge < -0.3 is 10.1 Å². The molecule has 0 aliphatic carbocycles. The van der Waals surface area contributed by atoms with E-state index < -0.39 is 15.8 Å². The molecule has 2 rings (SSSR count). The van der Waals surface area contributed by atoms with Gasteiger partial charge >= 0.3 is 0 Å². The van der Waals surface area contributed by atoms with Crippen molar-refractivity contribution in [2.45, 2.75) is 31.8 Å². The van der Waals surface area contributed by atoms with E-state index in [9.17, 15) is 13.2 Å². The first-order chi connectivity index (χ1) is 8.81. The normalized spacial score (nSPS) is 21.5. The number of hydrogen-bond acceptors (Lipinski definition) is 4. The van der Waals surface area contributed by atoms with E-state index in [1.54, 1.807) is 19.1 Å². The van der Waals surface area contributed by atoms with E-state index >= 15 is 0 Å². The molecule has 1 aliphatic heterocycles. The molecule has 1 N–H and O–H groups in total. The average molecular weight is 283 g/mol. The zero-order valence-corrected chi connectivity index (χ0v) is 12.0. The molecule has 0 radical (unpaired) electrons. The van der Waals surface area contributed by atoms with Gasteiger partial charge in [-0.1, -0.05) is 13.0 Å². The molecular weight excluding hydrogens is 266 g/mol. The van der Waals surface area contributed by atoms with Gasteiger partial charge in [-0.15, -0.1) is 0 Å². The highest BCUT2D eigenvalue weighted by Crippen LogP contribution is 2.36. The molecule has 1 amide bonds. The average Bonchev–Trinajstić information content (AvgIpc) is 2.36. The minimum atomic E-state index is -3.48. The zero-order chi connectivity index (χ0) is 14.2. The molecule has 0 spiro atoms. The van der Waals surface area contributed by atoms with Gasteiger partial charge in [0.05, 0.1) is 16.8 Å². The van der Waals surface area contributed by atoms with Crippen molar-refractivity contribution in [2.75, 3.05) is 11.1 Å². The molecule has 0 aromatic heterocycles. The summed E-state index contributed by atoms with van der Waals surface area (Å²) in [6.45, 7) is 5.28. The maximum Gasteiger partial charge on any atom is 0.228 e. The number of carbonyl (C=O) groups is 1. The highest BCUT2D eigenvalue weighted by atomic mass is 32.2. The maximum atomic E-state index is 12.2. The lowest BCUT2D eigenvalue weighted by Gasteiger charge is -2.16. The Kier molecular flexibility index (Phi) is 3.54. The highest BCUT2D eigenvalue weighted by Gasteiger charge is 2.32. The lowest BCUT2D eigenvalue weighted by atomic mass is 10.2. The van der Waals surface area contributed by atoms with Crippen LogP contribution >= 0.6 is 0 Å². The van der Waals surface area contributed by atoms with E-state index in [2.05, 4.69) is 5.32 Å². The van der Waals surface area contributed by atoms with Gasteiger partial charge in [0.15, 0.2) is 9.84 Å². The van der Waals surface area contributed by atoms with Crippen LogP contribution < -0.4 is 10.1 Å². The third-order valence-corrected chi connectivity index (χ3v) is 4.80. The van der Waals surface area contributed by atoms with Crippen LogP contribution in [0.15, 0.2) is 23.1 Å². The van der Waals surface area contributed by atoms with Crippen molar-refractivity contribution in [1.82, 2.24) is 0 Å². The number of fused-ring (bicyclic) bond motifs is 1. The summed E-state index contributed by atoms with van der Waals surface area (Å²) in [5, 5.41) is 2.66. The third kappa shape index (κ3) is 2.73. The van der Waals surface area contributed by atoms with Crippen LogP contribution in [0.3, 0.4) is 0 Å². The largest absolute Gasteiger partial charge is 0.489 e. The van der Waals surface area contributed by atoms with Crippen LogP contribution in [-0.4, -0.2) is 26.2 Å². The quantitative estimate of drug-likeness (QED) is 0.899. The Labute approximate surface area is 112 Å². The van der Waals surface area contributed by atoms with Crippen LogP contribution in [0.4, 0.5) is 5.69 Å². The van der Waals surface area contributed by atoms with Crippen LogP contribution in [0.2, 0.25) is 0 Å². The molecule has 6 heteroatoms. The van der Waals surface area contributed by atoms with Crippen LogP contribution in [0, 0.1) is 5.92 Å². The monoisotopic (exact) mass is 283 g/mol. The fraction of sp³-hybridized carbons (Fsp3) is 0.462. The standard InChI is InChI=1S/C13H17NO4S/c1-8(2)18-10-5-4-6-11-12(10)14-13(15)9(3)7-19(11,16)17/h4-6,8-9H,7H2,1-3H3,(H,14,15). The molecule has 1 unspecified atom stereocenters. The number of anilines is 1. The number of carbonyl (C=O) groups excluding carboxylic acids is 1. The number of nitrogens with one attached hydrogen (secondary N) is 1. The van der Waals surface area contributed by atoms with Crippen molar-refractivity contribution in [2.24, 2.45) is 5.92 Å². The first-order valence-electron chi connectivity index (χ1n) is 6.14. The summed E-state index contributed by atoms with van der Waals surface area (Å²) in [6, 6.07) is 4.77. The van der Waals surface area contributed by atoms with Crippen molar-refractivity contribution in [3.63, 3.8) is 0 Å². The predicted octanol–water partition coefficient (Wildman–Crippen LogP) is 1.84. The van der Waals surface area contributed by atoms with Crippen molar-refractivity contribution in [3.05, 3.63) is 18.2 Å². The van der Waals surface area contributed by atoms with Gasteiger partial charge in [0, 0.05) is 5.92 Å². The van der Waals surface area contributed by atoms with Crippen molar-refractivity contribution >= 4 is 21.4 Å². The number of para-hydroxylation sites is 1. The number of ether oxygens (including phenoxy) is 1. The van der Waals surface area contributed by atoms with Crippen molar-refractivity contribution in [3.8, 4) is 5.75 Å². The van der Waals surface area contributed by atoms with Gasteiger partial charge in [-0.3, -0.25) is 4.79 Å². The number of sulfone groups is 1. The molecule has 19 heavy (non-hydrogen) atoms. The number of amides is 1. The molecule has 0 bridgehead atoms. The Morgan fingerprint density at radius 2 is 2.05 bits per heavy atom. The van der Waals surface area contributed by atoms with Gasteiger partial charge in [0.2, 0.25) is 5.91 Å². The van der Waals surface area contributed by atoms with Gasteiger partial charge in [-0.2, -0.15) is 0 Å². The minimum Gasteiger partial charge on any atom is -0.489 e. The first-order valence-corrected chi connectivity index (χ1v) is 7.80. The Balaban J connectivity index is 2.60. The van der Waals surface area contributed by atoms with E-state index in [-0.39, 0.29) is 28.3 Å². The van der Waals surface area contributed by atoms with E-state index in [1.165, 1.54) is 6.07 Å². The molecule has 104 valence electrons. The summed E-state index contributed by atoms with van der Waals surface area (Å²) in [6.07, 6.45) is -0.105. The second-order valence-corrected chi connectivity index (χ2v) is 6.97. The van der Waals surface area contributed by atoms with Gasteiger partial charge in [-0.05, 0) is 26.0 Å². The smallest absolute Gasteiger partial charge is 0.228 e. The van der Waals surface area contributed by atoms with Crippen molar-refractivity contribution < 1.29 is 17.9 Å². The molecular formula is C13H17NO4S. The highest BCUT2D eigenvalue weighted by molar-refractivity contribution is 7.91. The van der Waals surface area contributed by atoms with Crippen LogP contribution in [0.5, 0.6) is 5.75 Å². The molecule has 0 saturated carbocycles. The fourth-order valence-electron chi connectivity index (χ4n) is 1.99. The second-order valence-electron chi connectivity index (χ2n) is 4.97. The SMILES string of the molecule is CC(C)Oc1cccc2c1NC(=O)C(C)CS2(=O)=O. The Hall–Kier alpha value is -1.56. The van der Waals surface area contributed by atoms with Gasteiger partial charge in [-0.25, -0.2) is 8.42 Å². The summed E-state index contributed by atoms with van der Waals surface area (Å²) in [7, 11) is -3.48. The number of rotatable bonds is 2. The summed E-state index contributed by atoms with van der Waals surface area (Å²) < 4.78 is 30.0. The third-order valence-electron chi connectivity index (χ3n) is 2.85. The minimum absolute atomic E-state index is 0.105. The molecule has 1 aromatic carbocycles. The Morgan fingerprint density at radius 1 is 1.37 bits per heavy atom. The maximum absolute atomic E-state index is 12.2. The van der Waals surface area contributed by atoms with Gasteiger partial charge in [0.25, 0.3) is 0 Å². The Morgan fingerprint density at radius 3 is 2.68 bits per heavy atom.